The SMILES string of the molecule is Cc1nn(-c2ccc(CNC(C)C)cc2F)c(C)c1Br. The van der Waals surface area contributed by atoms with Crippen LogP contribution in [0.4, 0.5) is 4.39 Å². The molecule has 5 heteroatoms. The van der Waals surface area contributed by atoms with Crippen molar-refractivity contribution in [3.63, 3.8) is 0 Å². The lowest BCUT2D eigenvalue weighted by Crippen LogP contribution is -2.21. The zero-order valence-electron chi connectivity index (χ0n) is 12.2. The first kappa shape index (κ1) is 15.2. The van der Waals surface area contributed by atoms with E-state index in [1.165, 1.54) is 0 Å². The molecule has 1 heterocycles. The Morgan fingerprint density at radius 3 is 2.55 bits per heavy atom. The largest absolute Gasteiger partial charge is 0.310 e. The molecule has 0 unspecified atom stereocenters. The first-order chi connectivity index (χ1) is 9.40. The predicted octanol–water partition coefficient (Wildman–Crippen LogP) is 3.89. The van der Waals surface area contributed by atoms with Gasteiger partial charge in [-0.2, -0.15) is 5.10 Å². The summed E-state index contributed by atoms with van der Waals surface area (Å²) in [5, 5.41) is 7.64. The van der Waals surface area contributed by atoms with Crippen LogP contribution in [0.3, 0.4) is 0 Å². The molecule has 0 radical (unpaired) electrons. The molecular formula is C15H19BrFN3. The van der Waals surface area contributed by atoms with Crippen molar-refractivity contribution in [2.45, 2.75) is 40.3 Å². The second-order valence-electron chi connectivity index (χ2n) is 5.22. The molecular weight excluding hydrogens is 321 g/mol. The van der Waals surface area contributed by atoms with E-state index in [2.05, 4.69) is 40.2 Å². The maximum absolute atomic E-state index is 14.3. The van der Waals surface area contributed by atoms with Crippen molar-refractivity contribution in [1.29, 1.82) is 0 Å². The molecule has 2 rings (SSSR count). The molecule has 0 amide bonds. The van der Waals surface area contributed by atoms with Crippen molar-refractivity contribution < 1.29 is 4.39 Å². The van der Waals surface area contributed by atoms with Crippen molar-refractivity contribution in [3.8, 4) is 5.69 Å². The van der Waals surface area contributed by atoms with E-state index in [1.54, 1.807) is 16.8 Å². The zero-order chi connectivity index (χ0) is 14.9. The van der Waals surface area contributed by atoms with E-state index in [0.717, 1.165) is 21.4 Å². The molecule has 20 heavy (non-hydrogen) atoms. The minimum absolute atomic E-state index is 0.258. The van der Waals surface area contributed by atoms with Crippen LogP contribution in [-0.2, 0) is 6.54 Å². The Morgan fingerprint density at radius 1 is 1.35 bits per heavy atom. The highest BCUT2D eigenvalue weighted by atomic mass is 79.9. The highest BCUT2D eigenvalue weighted by molar-refractivity contribution is 9.10. The van der Waals surface area contributed by atoms with Gasteiger partial charge in [-0.15, -0.1) is 0 Å². The van der Waals surface area contributed by atoms with Gasteiger partial charge >= 0.3 is 0 Å². The molecule has 0 aliphatic carbocycles. The number of nitrogens with zero attached hydrogens (tertiary/aromatic N) is 2. The fraction of sp³-hybridized carbons (Fsp3) is 0.400. The van der Waals surface area contributed by atoms with E-state index in [9.17, 15) is 4.39 Å². The number of aryl methyl sites for hydroxylation is 1. The molecule has 1 aromatic carbocycles. The van der Waals surface area contributed by atoms with Crippen LogP contribution in [0.15, 0.2) is 22.7 Å². The molecule has 0 aliphatic heterocycles. The Balaban J connectivity index is 2.32. The number of aromatic nitrogens is 2. The average Bonchev–Trinajstić information content (AvgIpc) is 2.64. The molecule has 108 valence electrons. The van der Waals surface area contributed by atoms with Crippen molar-refractivity contribution in [1.82, 2.24) is 15.1 Å². The van der Waals surface area contributed by atoms with Crippen molar-refractivity contribution in [3.05, 3.63) is 45.4 Å². The quantitative estimate of drug-likeness (QED) is 0.915. The second kappa shape index (κ2) is 6.06. The molecule has 1 aromatic heterocycles. The van der Waals surface area contributed by atoms with Crippen LogP contribution in [0.5, 0.6) is 0 Å². The lowest BCUT2D eigenvalue weighted by Gasteiger charge is -2.10. The standard InChI is InChI=1S/C15H19BrFN3/c1-9(2)18-8-12-5-6-14(13(17)7-12)20-11(4)15(16)10(3)19-20/h5-7,9,18H,8H2,1-4H3. The van der Waals surface area contributed by atoms with Crippen molar-refractivity contribution >= 4 is 15.9 Å². The van der Waals surface area contributed by atoms with Gasteiger partial charge in [-0.25, -0.2) is 9.07 Å². The summed E-state index contributed by atoms with van der Waals surface area (Å²) in [6.07, 6.45) is 0. The third-order valence-corrected chi connectivity index (χ3v) is 4.31. The first-order valence-corrected chi connectivity index (χ1v) is 7.43. The van der Waals surface area contributed by atoms with E-state index in [-0.39, 0.29) is 5.82 Å². The molecule has 0 fully saturated rings. The minimum Gasteiger partial charge on any atom is -0.310 e. The molecule has 0 aliphatic rings. The molecule has 0 spiro atoms. The van der Waals surface area contributed by atoms with Crippen LogP contribution in [0.1, 0.15) is 30.8 Å². The number of halogens is 2. The van der Waals surface area contributed by atoms with E-state index in [4.69, 9.17) is 0 Å². The summed E-state index contributed by atoms with van der Waals surface area (Å²) in [6, 6.07) is 5.65. The Kier molecular flexibility index (Phi) is 4.60. The van der Waals surface area contributed by atoms with Gasteiger partial charge in [0.05, 0.1) is 15.9 Å². The fourth-order valence-electron chi connectivity index (χ4n) is 2.01. The van der Waals surface area contributed by atoms with E-state index < -0.39 is 0 Å². The number of hydrogen-bond donors (Lipinski definition) is 1. The Hall–Kier alpha value is -1.20. The highest BCUT2D eigenvalue weighted by Gasteiger charge is 2.13. The minimum atomic E-state index is -0.258. The predicted molar refractivity (Wildman–Crippen MR) is 82.7 cm³/mol. The van der Waals surface area contributed by atoms with Gasteiger partial charge in [-0.05, 0) is 47.5 Å². The van der Waals surface area contributed by atoms with E-state index in [1.807, 2.05) is 19.9 Å². The van der Waals surface area contributed by atoms with Gasteiger partial charge in [-0.1, -0.05) is 19.9 Å². The molecule has 2 aromatic rings. The molecule has 0 saturated carbocycles. The normalized spacial score (nSPS) is 11.3. The first-order valence-electron chi connectivity index (χ1n) is 6.64. The summed E-state index contributed by atoms with van der Waals surface area (Å²) in [4.78, 5) is 0. The number of benzene rings is 1. The molecule has 0 atom stereocenters. The van der Waals surface area contributed by atoms with Crippen molar-refractivity contribution in [2.75, 3.05) is 0 Å². The van der Waals surface area contributed by atoms with Gasteiger partial charge in [0.2, 0.25) is 0 Å². The summed E-state index contributed by atoms with van der Waals surface area (Å²) in [6.45, 7) is 8.61. The highest BCUT2D eigenvalue weighted by Crippen LogP contribution is 2.24. The summed E-state index contributed by atoms with van der Waals surface area (Å²) < 4.78 is 16.8. The lowest BCUT2D eigenvalue weighted by molar-refractivity contribution is 0.577. The fourth-order valence-corrected chi connectivity index (χ4v) is 2.26. The Labute approximate surface area is 127 Å². The van der Waals surface area contributed by atoms with Gasteiger partial charge in [0.15, 0.2) is 0 Å². The third kappa shape index (κ3) is 3.10. The van der Waals surface area contributed by atoms with Crippen LogP contribution < -0.4 is 5.32 Å². The van der Waals surface area contributed by atoms with E-state index >= 15 is 0 Å². The van der Waals surface area contributed by atoms with Crippen LogP contribution >= 0.6 is 15.9 Å². The van der Waals surface area contributed by atoms with E-state index in [0.29, 0.717) is 18.3 Å². The third-order valence-electron chi connectivity index (χ3n) is 3.16. The average molecular weight is 340 g/mol. The summed E-state index contributed by atoms with van der Waals surface area (Å²) in [7, 11) is 0. The maximum Gasteiger partial charge on any atom is 0.149 e. The van der Waals surface area contributed by atoms with Gasteiger partial charge in [0.25, 0.3) is 0 Å². The number of rotatable bonds is 4. The zero-order valence-corrected chi connectivity index (χ0v) is 13.8. The second-order valence-corrected chi connectivity index (χ2v) is 6.01. The topological polar surface area (TPSA) is 29.9 Å². The van der Waals surface area contributed by atoms with Crippen LogP contribution in [0, 0.1) is 19.7 Å². The van der Waals surface area contributed by atoms with Gasteiger partial charge < -0.3 is 5.32 Å². The van der Waals surface area contributed by atoms with Crippen LogP contribution in [0.25, 0.3) is 5.69 Å². The Morgan fingerprint density at radius 2 is 2.05 bits per heavy atom. The van der Waals surface area contributed by atoms with Gasteiger partial charge in [0.1, 0.15) is 11.5 Å². The van der Waals surface area contributed by atoms with Gasteiger partial charge in [-0.3, -0.25) is 0 Å². The summed E-state index contributed by atoms with van der Waals surface area (Å²) in [5.74, 6) is -0.258. The lowest BCUT2D eigenvalue weighted by atomic mass is 10.2. The smallest absolute Gasteiger partial charge is 0.149 e. The van der Waals surface area contributed by atoms with Crippen LogP contribution in [-0.4, -0.2) is 15.8 Å². The molecule has 0 saturated heterocycles. The Bertz CT molecular complexity index is 620. The molecule has 1 N–H and O–H groups in total. The number of nitrogens with one attached hydrogen (secondary N) is 1. The maximum atomic E-state index is 14.3. The molecule has 0 bridgehead atoms. The number of hydrogen-bond acceptors (Lipinski definition) is 2. The molecule has 3 nitrogen and oxygen atoms in total. The summed E-state index contributed by atoms with van der Waals surface area (Å²) >= 11 is 3.46. The van der Waals surface area contributed by atoms with Gasteiger partial charge in [0, 0.05) is 12.6 Å². The summed E-state index contributed by atoms with van der Waals surface area (Å²) in [5.41, 5.74) is 3.16. The van der Waals surface area contributed by atoms with Crippen LogP contribution in [0.2, 0.25) is 0 Å². The monoisotopic (exact) mass is 339 g/mol. The van der Waals surface area contributed by atoms with Crippen molar-refractivity contribution in [2.24, 2.45) is 0 Å².